The van der Waals surface area contributed by atoms with Gasteiger partial charge in [-0.25, -0.2) is 0 Å². The first-order chi connectivity index (χ1) is 8.68. The molecular weight excluding hydrogens is 242 g/mol. The van der Waals surface area contributed by atoms with Crippen LogP contribution >= 0.6 is 11.3 Å². The third-order valence-corrected chi connectivity index (χ3v) is 4.16. The number of hydrogen-bond donors (Lipinski definition) is 1. The minimum absolute atomic E-state index is 0.449. The van der Waals surface area contributed by atoms with Crippen LogP contribution in [0.3, 0.4) is 0 Å². The van der Waals surface area contributed by atoms with Gasteiger partial charge in [0.1, 0.15) is 0 Å². The van der Waals surface area contributed by atoms with Crippen LogP contribution in [0.4, 0.5) is 0 Å². The maximum absolute atomic E-state index is 3.54. The van der Waals surface area contributed by atoms with Crippen molar-refractivity contribution >= 4 is 11.3 Å². The van der Waals surface area contributed by atoms with Crippen molar-refractivity contribution in [3.63, 3.8) is 0 Å². The SMILES string of the molecule is CN(C)C(CNCc1cccn1C)c1cccs1. The molecule has 4 heteroatoms. The van der Waals surface area contributed by atoms with Crippen molar-refractivity contribution in [1.29, 1.82) is 0 Å². The fourth-order valence-electron chi connectivity index (χ4n) is 2.04. The standard InChI is InChI=1S/C14H21N3S/c1-16(2)13(14-7-5-9-18-14)11-15-10-12-6-4-8-17(12)3/h4-9,13,15H,10-11H2,1-3H3. The fourth-order valence-corrected chi connectivity index (χ4v) is 2.96. The monoisotopic (exact) mass is 263 g/mol. The van der Waals surface area contributed by atoms with E-state index in [2.05, 4.69) is 71.8 Å². The van der Waals surface area contributed by atoms with Crippen LogP contribution in [0.2, 0.25) is 0 Å². The Hall–Kier alpha value is -1.10. The summed E-state index contributed by atoms with van der Waals surface area (Å²) in [4.78, 5) is 3.68. The minimum Gasteiger partial charge on any atom is -0.353 e. The highest BCUT2D eigenvalue weighted by Gasteiger charge is 2.14. The van der Waals surface area contributed by atoms with E-state index in [-0.39, 0.29) is 0 Å². The second kappa shape index (κ2) is 6.18. The molecule has 2 rings (SSSR count). The number of nitrogens with zero attached hydrogens (tertiary/aromatic N) is 2. The van der Waals surface area contributed by atoms with Gasteiger partial charge in [0.25, 0.3) is 0 Å². The smallest absolute Gasteiger partial charge is 0.0561 e. The lowest BCUT2D eigenvalue weighted by Gasteiger charge is -2.23. The van der Waals surface area contributed by atoms with Crippen molar-refractivity contribution in [2.75, 3.05) is 20.6 Å². The van der Waals surface area contributed by atoms with E-state index in [1.807, 2.05) is 11.3 Å². The van der Waals surface area contributed by atoms with E-state index < -0.39 is 0 Å². The molecule has 1 atom stereocenters. The first-order valence-electron chi connectivity index (χ1n) is 6.19. The molecule has 0 fully saturated rings. The van der Waals surface area contributed by atoms with E-state index in [1.54, 1.807) is 0 Å². The Balaban J connectivity index is 1.89. The number of hydrogen-bond acceptors (Lipinski definition) is 3. The van der Waals surface area contributed by atoms with Crippen LogP contribution in [0.25, 0.3) is 0 Å². The lowest BCUT2D eigenvalue weighted by Crippen LogP contribution is -2.30. The highest BCUT2D eigenvalue weighted by molar-refractivity contribution is 7.10. The zero-order chi connectivity index (χ0) is 13.0. The maximum atomic E-state index is 3.54. The summed E-state index contributed by atoms with van der Waals surface area (Å²) in [5.74, 6) is 0. The number of likely N-dealkylation sites (N-methyl/N-ethyl adjacent to an activating group) is 1. The number of thiophene rings is 1. The van der Waals surface area contributed by atoms with Crippen LogP contribution in [0.5, 0.6) is 0 Å². The van der Waals surface area contributed by atoms with Gasteiger partial charge in [0.15, 0.2) is 0 Å². The average molecular weight is 263 g/mol. The summed E-state index contributed by atoms with van der Waals surface area (Å²) in [6, 6.07) is 9.01. The van der Waals surface area contributed by atoms with Gasteiger partial charge in [-0.05, 0) is 37.7 Å². The van der Waals surface area contributed by atoms with Crippen molar-refractivity contribution in [3.05, 3.63) is 46.4 Å². The first-order valence-corrected chi connectivity index (χ1v) is 7.07. The Morgan fingerprint density at radius 3 is 2.72 bits per heavy atom. The Bertz CT molecular complexity index is 459. The molecule has 2 aromatic rings. The fraction of sp³-hybridized carbons (Fsp3) is 0.429. The van der Waals surface area contributed by atoms with E-state index >= 15 is 0 Å². The summed E-state index contributed by atoms with van der Waals surface area (Å²) < 4.78 is 2.16. The van der Waals surface area contributed by atoms with Crippen LogP contribution in [0.15, 0.2) is 35.8 Å². The molecule has 0 saturated carbocycles. The number of rotatable bonds is 6. The second-order valence-electron chi connectivity index (χ2n) is 4.74. The topological polar surface area (TPSA) is 20.2 Å². The molecule has 1 N–H and O–H groups in total. The highest BCUT2D eigenvalue weighted by Crippen LogP contribution is 2.22. The lowest BCUT2D eigenvalue weighted by atomic mass is 10.2. The molecule has 0 spiro atoms. The minimum atomic E-state index is 0.449. The van der Waals surface area contributed by atoms with Gasteiger partial charge in [-0.3, -0.25) is 0 Å². The molecule has 98 valence electrons. The molecule has 0 amide bonds. The average Bonchev–Trinajstić information content (AvgIpc) is 2.96. The number of aryl methyl sites for hydroxylation is 1. The van der Waals surface area contributed by atoms with Crippen LogP contribution in [-0.2, 0) is 13.6 Å². The molecule has 0 bridgehead atoms. The zero-order valence-electron chi connectivity index (χ0n) is 11.3. The molecule has 1 unspecified atom stereocenters. The van der Waals surface area contributed by atoms with Gasteiger partial charge in [-0.1, -0.05) is 6.07 Å². The highest BCUT2D eigenvalue weighted by atomic mass is 32.1. The molecule has 0 aliphatic rings. The summed E-state index contributed by atoms with van der Waals surface area (Å²) in [7, 11) is 6.35. The zero-order valence-corrected chi connectivity index (χ0v) is 12.1. The second-order valence-corrected chi connectivity index (χ2v) is 5.72. The van der Waals surface area contributed by atoms with E-state index in [4.69, 9.17) is 0 Å². The van der Waals surface area contributed by atoms with Crippen LogP contribution in [-0.4, -0.2) is 30.1 Å². The molecule has 0 radical (unpaired) electrons. The molecule has 2 aromatic heterocycles. The third-order valence-electron chi connectivity index (χ3n) is 3.19. The quantitative estimate of drug-likeness (QED) is 0.864. The molecule has 2 heterocycles. The molecule has 3 nitrogen and oxygen atoms in total. The normalized spacial score (nSPS) is 13.1. The van der Waals surface area contributed by atoms with E-state index in [9.17, 15) is 0 Å². The van der Waals surface area contributed by atoms with Gasteiger partial charge in [-0.2, -0.15) is 0 Å². The van der Waals surface area contributed by atoms with Gasteiger partial charge in [0, 0.05) is 36.9 Å². The molecular formula is C14H21N3S. The van der Waals surface area contributed by atoms with Crippen molar-refractivity contribution < 1.29 is 0 Å². The molecule has 0 aliphatic carbocycles. The van der Waals surface area contributed by atoms with Gasteiger partial charge in [0.05, 0.1) is 6.04 Å². The summed E-state index contributed by atoms with van der Waals surface area (Å²) in [5, 5.41) is 5.68. The Kier molecular flexibility index (Phi) is 4.58. The molecule has 0 aromatic carbocycles. The summed E-state index contributed by atoms with van der Waals surface area (Å²) in [6.07, 6.45) is 2.08. The van der Waals surface area contributed by atoms with Crippen LogP contribution in [0.1, 0.15) is 16.6 Å². The van der Waals surface area contributed by atoms with Gasteiger partial charge < -0.3 is 14.8 Å². The van der Waals surface area contributed by atoms with Crippen LogP contribution in [0, 0.1) is 0 Å². The molecule has 0 aliphatic heterocycles. The van der Waals surface area contributed by atoms with E-state index in [0.717, 1.165) is 13.1 Å². The first kappa shape index (κ1) is 13.3. The number of aromatic nitrogens is 1. The van der Waals surface area contributed by atoms with E-state index in [1.165, 1.54) is 10.6 Å². The number of nitrogens with one attached hydrogen (secondary N) is 1. The largest absolute Gasteiger partial charge is 0.353 e. The summed E-state index contributed by atoms with van der Waals surface area (Å²) in [5.41, 5.74) is 1.32. The van der Waals surface area contributed by atoms with Crippen molar-refractivity contribution in [2.45, 2.75) is 12.6 Å². The summed E-state index contributed by atoms with van der Waals surface area (Å²) >= 11 is 1.82. The predicted octanol–water partition coefficient (Wildman–Crippen LogP) is 2.48. The molecule has 0 saturated heterocycles. The predicted molar refractivity (Wildman–Crippen MR) is 77.9 cm³/mol. The van der Waals surface area contributed by atoms with Crippen molar-refractivity contribution in [1.82, 2.24) is 14.8 Å². The Morgan fingerprint density at radius 1 is 1.33 bits per heavy atom. The van der Waals surface area contributed by atoms with Crippen molar-refractivity contribution in [2.24, 2.45) is 7.05 Å². The maximum Gasteiger partial charge on any atom is 0.0561 e. The Morgan fingerprint density at radius 2 is 2.17 bits per heavy atom. The Labute approximate surface area is 113 Å². The van der Waals surface area contributed by atoms with E-state index in [0.29, 0.717) is 6.04 Å². The lowest BCUT2D eigenvalue weighted by molar-refractivity contribution is 0.292. The molecule has 18 heavy (non-hydrogen) atoms. The third kappa shape index (κ3) is 3.22. The summed E-state index contributed by atoms with van der Waals surface area (Å²) in [6.45, 7) is 1.89. The van der Waals surface area contributed by atoms with Crippen molar-refractivity contribution in [3.8, 4) is 0 Å². The van der Waals surface area contributed by atoms with Gasteiger partial charge in [0.2, 0.25) is 0 Å². The van der Waals surface area contributed by atoms with Gasteiger partial charge >= 0.3 is 0 Å². The van der Waals surface area contributed by atoms with Gasteiger partial charge in [-0.15, -0.1) is 11.3 Å². The van der Waals surface area contributed by atoms with Crippen LogP contribution < -0.4 is 5.32 Å².